The van der Waals surface area contributed by atoms with Crippen molar-refractivity contribution in [3.8, 4) is 0 Å². The van der Waals surface area contributed by atoms with Crippen LogP contribution in [0.15, 0.2) is 17.0 Å². The van der Waals surface area contributed by atoms with Crippen LogP contribution in [0.3, 0.4) is 0 Å². The van der Waals surface area contributed by atoms with Gasteiger partial charge in [0.2, 0.25) is 10.0 Å². The molecule has 4 nitrogen and oxygen atoms in total. The Morgan fingerprint density at radius 2 is 2.16 bits per heavy atom. The van der Waals surface area contributed by atoms with Crippen LogP contribution in [0.25, 0.3) is 0 Å². The number of benzene rings is 1. The van der Waals surface area contributed by atoms with E-state index in [1.54, 1.807) is 0 Å². The third-order valence-electron chi connectivity index (χ3n) is 3.33. The van der Waals surface area contributed by atoms with Crippen LogP contribution in [0.4, 0.5) is 10.1 Å². The third kappa shape index (κ3) is 3.38. The normalized spacial score (nSPS) is 17.4. The molecule has 7 heteroatoms. The van der Waals surface area contributed by atoms with E-state index in [2.05, 4.69) is 4.72 Å². The van der Waals surface area contributed by atoms with Crippen molar-refractivity contribution in [2.75, 3.05) is 12.3 Å². The number of hydrogen-bond donors (Lipinski definition) is 2. The number of anilines is 1. The topological polar surface area (TPSA) is 72.2 Å². The maximum absolute atomic E-state index is 13.8. The summed E-state index contributed by atoms with van der Waals surface area (Å²) >= 11 is 5.60. The van der Waals surface area contributed by atoms with Gasteiger partial charge in [-0.25, -0.2) is 17.5 Å². The Morgan fingerprint density at radius 1 is 1.53 bits per heavy atom. The molecule has 1 fully saturated rings. The van der Waals surface area contributed by atoms with Gasteiger partial charge in [0, 0.05) is 12.2 Å². The number of nitrogens with two attached hydrogens (primary N) is 1. The summed E-state index contributed by atoms with van der Waals surface area (Å²) in [7, 11) is -3.93. The molecule has 1 atom stereocenters. The van der Waals surface area contributed by atoms with Gasteiger partial charge < -0.3 is 5.73 Å². The Bertz CT molecular complexity index is 588. The molecule has 2 rings (SSSR count). The average Bonchev–Trinajstić information content (AvgIpc) is 3.14. The molecule has 0 aliphatic heterocycles. The molecule has 1 aromatic carbocycles. The molecule has 1 unspecified atom stereocenters. The molecule has 1 saturated carbocycles. The zero-order valence-electron chi connectivity index (χ0n) is 10.5. The maximum Gasteiger partial charge on any atom is 0.243 e. The summed E-state index contributed by atoms with van der Waals surface area (Å²) in [4.78, 5) is -0.500. The summed E-state index contributed by atoms with van der Waals surface area (Å²) in [5.74, 6) is -0.159. The molecule has 0 bridgehead atoms. The number of halogens is 2. The van der Waals surface area contributed by atoms with Crippen LogP contribution in [0.2, 0.25) is 5.02 Å². The minimum absolute atomic E-state index is 0.113. The van der Waals surface area contributed by atoms with Gasteiger partial charge in [-0.3, -0.25) is 0 Å². The van der Waals surface area contributed by atoms with Crippen molar-refractivity contribution < 1.29 is 12.8 Å². The number of hydrogen-bond acceptors (Lipinski definition) is 3. The van der Waals surface area contributed by atoms with Crippen molar-refractivity contribution in [2.45, 2.75) is 24.7 Å². The molecule has 19 heavy (non-hydrogen) atoms. The predicted molar refractivity (Wildman–Crippen MR) is 72.9 cm³/mol. The van der Waals surface area contributed by atoms with Gasteiger partial charge >= 0.3 is 0 Å². The summed E-state index contributed by atoms with van der Waals surface area (Å²) in [6.45, 7) is 2.27. The first-order valence-corrected chi connectivity index (χ1v) is 7.91. The Morgan fingerprint density at radius 3 is 2.74 bits per heavy atom. The van der Waals surface area contributed by atoms with E-state index in [-0.39, 0.29) is 16.6 Å². The highest BCUT2D eigenvalue weighted by Crippen LogP contribution is 2.36. The Hall–Kier alpha value is -0.850. The average molecular weight is 307 g/mol. The summed E-state index contributed by atoms with van der Waals surface area (Å²) in [5, 5.41) is -0.296. The molecular formula is C12H16ClFN2O2S. The number of nitrogen functional groups attached to an aromatic ring is 1. The zero-order chi connectivity index (χ0) is 14.2. The van der Waals surface area contributed by atoms with Crippen molar-refractivity contribution in [2.24, 2.45) is 11.8 Å². The van der Waals surface area contributed by atoms with E-state index in [9.17, 15) is 12.8 Å². The molecule has 1 aliphatic rings. The lowest BCUT2D eigenvalue weighted by Gasteiger charge is -2.13. The maximum atomic E-state index is 13.8. The van der Waals surface area contributed by atoms with Crippen LogP contribution >= 0.6 is 11.6 Å². The Balaban J connectivity index is 2.19. The highest BCUT2D eigenvalue weighted by Gasteiger charge is 2.29. The molecule has 0 amide bonds. The quantitative estimate of drug-likeness (QED) is 0.820. The zero-order valence-corrected chi connectivity index (χ0v) is 12.1. The fourth-order valence-corrected chi connectivity index (χ4v) is 3.49. The predicted octanol–water partition coefficient (Wildman–Crippen LogP) is 2.39. The SMILES string of the molecule is CC(CNS(=O)(=O)c1cc(N)cc(Cl)c1F)C1CC1. The lowest BCUT2D eigenvalue weighted by atomic mass is 10.1. The van der Waals surface area contributed by atoms with Crippen molar-refractivity contribution in [3.63, 3.8) is 0 Å². The second kappa shape index (κ2) is 5.26. The summed E-state index contributed by atoms with van der Waals surface area (Å²) < 4.78 is 40.3. The first-order chi connectivity index (χ1) is 8.81. The van der Waals surface area contributed by atoms with Gasteiger partial charge in [-0.1, -0.05) is 18.5 Å². The molecule has 106 valence electrons. The van der Waals surface area contributed by atoms with Gasteiger partial charge in [0.15, 0.2) is 5.82 Å². The van der Waals surface area contributed by atoms with Crippen molar-refractivity contribution in [1.82, 2.24) is 4.72 Å². The molecule has 0 radical (unpaired) electrons. The first-order valence-electron chi connectivity index (χ1n) is 6.05. The second-order valence-corrected chi connectivity index (χ2v) is 7.12. The number of nitrogens with one attached hydrogen (secondary N) is 1. The highest BCUT2D eigenvalue weighted by atomic mass is 35.5. The summed E-state index contributed by atoms with van der Waals surface area (Å²) in [5.41, 5.74) is 5.61. The molecule has 3 N–H and O–H groups in total. The van der Waals surface area contributed by atoms with Crippen LogP contribution < -0.4 is 10.5 Å². The fraction of sp³-hybridized carbons (Fsp3) is 0.500. The van der Waals surface area contributed by atoms with Crippen LogP contribution in [-0.2, 0) is 10.0 Å². The molecule has 0 saturated heterocycles. The van der Waals surface area contributed by atoms with Gasteiger partial charge in [0.25, 0.3) is 0 Å². The molecule has 1 aromatic rings. The summed E-state index contributed by atoms with van der Waals surface area (Å²) in [6, 6.07) is 2.26. The van der Waals surface area contributed by atoms with Gasteiger partial charge in [0.1, 0.15) is 4.90 Å². The van der Waals surface area contributed by atoms with Crippen LogP contribution in [0, 0.1) is 17.7 Å². The molecule has 0 aromatic heterocycles. The van der Waals surface area contributed by atoms with E-state index >= 15 is 0 Å². The fourth-order valence-electron chi connectivity index (χ4n) is 1.93. The van der Waals surface area contributed by atoms with Crippen LogP contribution in [0.1, 0.15) is 19.8 Å². The van der Waals surface area contributed by atoms with Gasteiger partial charge in [-0.15, -0.1) is 0 Å². The van der Waals surface area contributed by atoms with Crippen molar-refractivity contribution >= 4 is 27.3 Å². The van der Waals surface area contributed by atoms with Crippen LogP contribution in [-0.4, -0.2) is 15.0 Å². The molecule has 1 aliphatic carbocycles. The minimum atomic E-state index is -3.93. The van der Waals surface area contributed by atoms with Crippen molar-refractivity contribution in [1.29, 1.82) is 0 Å². The van der Waals surface area contributed by atoms with E-state index in [1.807, 2.05) is 6.92 Å². The van der Waals surface area contributed by atoms with Gasteiger partial charge in [0.05, 0.1) is 5.02 Å². The monoisotopic (exact) mass is 306 g/mol. The van der Waals surface area contributed by atoms with Gasteiger partial charge in [-0.2, -0.15) is 0 Å². The smallest absolute Gasteiger partial charge is 0.243 e. The lowest BCUT2D eigenvalue weighted by molar-refractivity contribution is 0.489. The van der Waals surface area contributed by atoms with E-state index in [1.165, 1.54) is 6.07 Å². The number of rotatable bonds is 5. The highest BCUT2D eigenvalue weighted by molar-refractivity contribution is 7.89. The summed E-state index contributed by atoms with van der Waals surface area (Å²) in [6.07, 6.45) is 2.25. The second-order valence-electron chi connectivity index (χ2n) is 4.98. The Labute approximate surface area is 117 Å². The van der Waals surface area contributed by atoms with E-state index < -0.39 is 20.7 Å². The molecular weight excluding hydrogens is 291 g/mol. The van der Waals surface area contributed by atoms with Gasteiger partial charge in [-0.05, 0) is 36.8 Å². The lowest BCUT2D eigenvalue weighted by Crippen LogP contribution is -2.30. The Kier molecular flexibility index (Phi) is 4.03. The first kappa shape index (κ1) is 14.6. The largest absolute Gasteiger partial charge is 0.399 e. The minimum Gasteiger partial charge on any atom is -0.399 e. The number of sulfonamides is 1. The molecule has 0 spiro atoms. The van der Waals surface area contributed by atoms with Crippen LogP contribution in [0.5, 0.6) is 0 Å². The van der Waals surface area contributed by atoms with E-state index in [0.29, 0.717) is 12.5 Å². The molecule has 0 heterocycles. The standard InChI is InChI=1S/C12H16ClFN2O2S/c1-7(8-2-3-8)6-16-19(17,18)11-5-9(15)4-10(13)12(11)14/h4-5,7-8,16H,2-3,6,15H2,1H3. The third-order valence-corrected chi connectivity index (χ3v) is 5.03. The van der Waals surface area contributed by atoms with E-state index in [4.69, 9.17) is 17.3 Å². The van der Waals surface area contributed by atoms with E-state index in [0.717, 1.165) is 18.9 Å². The van der Waals surface area contributed by atoms with Crippen molar-refractivity contribution in [3.05, 3.63) is 23.0 Å².